The van der Waals surface area contributed by atoms with Crippen LogP contribution in [0.3, 0.4) is 0 Å². The Kier molecular flexibility index (Phi) is 11.4. The molecule has 0 bridgehead atoms. The molecule has 3 aromatic heterocycles. The van der Waals surface area contributed by atoms with E-state index in [1.807, 2.05) is 61.5 Å². The van der Waals surface area contributed by atoms with Crippen LogP contribution in [0.25, 0.3) is 32.9 Å². The molecule has 0 N–H and O–H groups in total. The molecule has 4 aromatic carbocycles. The van der Waals surface area contributed by atoms with Crippen molar-refractivity contribution in [3.63, 3.8) is 0 Å². The molecule has 0 saturated heterocycles. The van der Waals surface area contributed by atoms with E-state index in [1.165, 1.54) is 22.3 Å². The second kappa shape index (κ2) is 16.5. The number of benzene rings is 4. The third-order valence-electron chi connectivity index (χ3n) is 10.6. The minimum atomic E-state index is 0. The fourth-order valence-electron chi connectivity index (χ4n) is 7.60. The zero-order valence-corrected chi connectivity index (χ0v) is 36.5. The smallest absolute Gasteiger partial charge is 0.657 e. The molecule has 0 atom stereocenters. The van der Waals surface area contributed by atoms with Gasteiger partial charge in [-0.1, -0.05) is 65.8 Å². The van der Waals surface area contributed by atoms with Crippen molar-refractivity contribution in [2.75, 3.05) is 33.7 Å². The maximum Gasteiger partial charge on any atom is 4.00 e. The van der Waals surface area contributed by atoms with Gasteiger partial charge in [0, 0.05) is 24.8 Å². The van der Waals surface area contributed by atoms with Gasteiger partial charge in [0.15, 0.2) is 0 Å². The van der Waals surface area contributed by atoms with Gasteiger partial charge in [0.25, 0.3) is 0 Å². The molecule has 0 saturated carbocycles. The van der Waals surface area contributed by atoms with Crippen LogP contribution in [-0.4, -0.2) is 34.0 Å². The van der Waals surface area contributed by atoms with Crippen molar-refractivity contribution in [1.82, 2.24) is 24.9 Å². The average molecular weight is 957 g/mol. The maximum atomic E-state index is 8.88. The Morgan fingerprint density at radius 2 is 1.02 bits per heavy atom. The van der Waals surface area contributed by atoms with Gasteiger partial charge in [-0.15, -0.1) is 59.5 Å². The predicted octanol–water partition coefficient (Wildman–Crippen LogP) is 10.2. The van der Waals surface area contributed by atoms with Gasteiger partial charge >= 0.3 is 21.1 Å². The Hall–Kier alpha value is -6.29. The first kappa shape index (κ1) is 40.9. The minimum absolute atomic E-state index is 0. The van der Waals surface area contributed by atoms with E-state index in [4.69, 9.17) is 10.5 Å². The predicted molar refractivity (Wildman–Crippen MR) is 231 cm³/mol. The molecule has 11 nitrogen and oxygen atoms in total. The van der Waals surface area contributed by atoms with Crippen molar-refractivity contribution in [1.29, 1.82) is 10.5 Å². The van der Waals surface area contributed by atoms with Crippen LogP contribution in [-0.2, 0) is 21.1 Å². The summed E-state index contributed by atoms with van der Waals surface area (Å²) in [5.41, 5.74) is 11.2. The molecule has 9 rings (SSSR count). The molecule has 12 heteroatoms. The fourth-order valence-corrected chi connectivity index (χ4v) is 7.60. The van der Waals surface area contributed by atoms with E-state index in [-0.39, 0.29) is 21.1 Å². The van der Waals surface area contributed by atoms with Crippen LogP contribution in [0.15, 0.2) is 85.5 Å². The molecule has 2 aliphatic heterocycles. The van der Waals surface area contributed by atoms with Gasteiger partial charge in [-0.2, -0.15) is 10.5 Å². The van der Waals surface area contributed by atoms with Crippen molar-refractivity contribution >= 4 is 56.5 Å². The summed E-state index contributed by atoms with van der Waals surface area (Å²) in [6.45, 7) is 17.7. The van der Waals surface area contributed by atoms with Crippen molar-refractivity contribution in [2.24, 2.45) is 0 Å². The summed E-state index contributed by atoms with van der Waals surface area (Å²) in [4.78, 5) is 31.1. The van der Waals surface area contributed by atoms with Gasteiger partial charge in [0.2, 0.25) is 0 Å². The van der Waals surface area contributed by atoms with Crippen molar-refractivity contribution in [3.05, 3.63) is 133 Å². The summed E-state index contributed by atoms with van der Waals surface area (Å²) >= 11 is 0. The topological polar surface area (TPSA) is 126 Å². The second-order valence-corrected chi connectivity index (χ2v) is 15.6. The Bertz CT molecular complexity index is 2600. The zero-order valence-electron chi connectivity index (χ0n) is 34.2. The first-order chi connectivity index (χ1) is 27.9. The standard InChI is InChI=1S/C33H37N8.C14H6N3.Pt/c1-20(2)23-15-27(21(3)4)29(28(16-23)22(5)6)24-13-25(40-18-38(7)30-32(40)36-11-9-34-30)17-26(14-24)41-19-39(8)31-33(41)37-12-10-35-31;15-7-9-1-3-13-11(5-9)12-6-10(8-16)2-4-14(12)17-13;/h9-16,18-22H,1-8H3;1-6H;/q-3;-1;+4. The van der Waals surface area contributed by atoms with E-state index in [9.17, 15) is 0 Å². The van der Waals surface area contributed by atoms with Gasteiger partial charge < -0.3 is 24.6 Å². The quantitative estimate of drug-likeness (QED) is 0.148. The molecule has 5 heterocycles. The van der Waals surface area contributed by atoms with E-state index in [1.54, 1.807) is 36.9 Å². The third kappa shape index (κ3) is 7.59. The summed E-state index contributed by atoms with van der Waals surface area (Å²) in [6.07, 6.45) is 6.92. The van der Waals surface area contributed by atoms with Crippen LogP contribution >= 0.6 is 0 Å². The van der Waals surface area contributed by atoms with Crippen LogP contribution in [0.1, 0.15) is 87.1 Å². The van der Waals surface area contributed by atoms with Crippen LogP contribution in [0.2, 0.25) is 0 Å². The van der Waals surface area contributed by atoms with Gasteiger partial charge in [0.05, 0.1) is 23.3 Å². The average Bonchev–Trinajstić information content (AvgIpc) is 3.90. The van der Waals surface area contributed by atoms with Gasteiger partial charge in [-0.05, 0) is 89.1 Å². The Labute approximate surface area is 360 Å². The summed E-state index contributed by atoms with van der Waals surface area (Å²) in [5, 5.41) is 19.6. The normalized spacial score (nSPS) is 13.1. The molecule has 0 aliphatic carbocycles. The largest absolute Gasteiger partial charge is 4.00 e. The number of nitriles is 2. The second-order valence-electron chi connectivity index (χ2n) is 15.6. The molecule has 296 valence electrons. The van der Waals surface area contributed by atoms with Crippen molar-refractivity contribution < 1.29 is 21.1 Å². The summed E-state index contributed by atoms with van der Waals surface area (Å²) < 4.78 is 0. The molecule has 0 radical (unpaired) electrons. The molecule has 0 unspecified atom stereocenters. The number of nitrogens with zero attached hydrogens (tertiary/aromatic N) is 11. The number of hydrogen-bond acceptors (Lipinski definition) is 10. The van der Waals surface area contributed by atoms with Crippen LogP contribution in [0.5, 0.6) is 0 Å². The Balaban J connectivity index is 0.000000244. The van der Waals surface area contributed by atoms with E-state index in [0.29, 0.717) is 28.9 Å². The minimum Gasteiger partial charge on any atom is -0.657 e. The molecule has 7 aromatic rings. The van der Waals surface area contributed by atoms with Gasteiger partial charge in [0.1, 0.15) is 23.3 Å². The Morgan fingerprint density at radius 1 is 0.593 bits per heavy atom. The molecule has 59 heavy (non-hydrogen) atoms. The van der Waals surface area contributed by atoms with Crippen LogP contribution in [0.4, 0.5) is 34.6 Å². The first-order valence-electron chi connectivity index (χ1n) is 19.4. The summed E-state index contributed by atoms with van der Waals surface area (Å²) in [7, 11) is 3.98. The summed E-state index contributed by atoms with van der Waals surface area (Å²) in [5.74, 6) is 4.32. The Morgan fingerprint density at radius 3 is 1.41 bits per heavy atom. The number of rotatable bonds is 6. The van der Waals surface area contributed by atoms with E-state index < -0.39 is 0 Å². The molecule has 0 amide bonds. The number of hydrogen-bond donors (Lipinski definition) is 0. The number of anilines is 6. The van der Waals surface area contributed by atoms with Gasteiger partial charge in [-0.25, -0.2) is 19.9 Å². The molecular weight excluding hydrogens is 914 g/mol. The van der Waals surface area contributed by atoms with Crippen molar-refractivity contribution in [2.45, 2.75) is 59.3 Å². The first-order valence-corrected chi connectivity index (χ1v) is 19.4. The number of fused-ring (bicyclic) bond motifs is 5. The van der Waals surface area contributed by atoms with Gasteiger partial charge in [-0.3, -0.25) is 0 Å². The van der Waals surface area contributed by atoms with E-state index in [0.717, 1.165) is 62.0 Å². The van der Waals surface area contributed by atoms with Crippen LogP contribution < -0.4 is 24.6 Å². The molecule has 0 fully saturated rings. The molecular formula is C47H43N11Pt. The zero-order chi connectivity index (χ0) is 40.8. The van der Waals surface area contributed by atoms with E-state index in [2.05, 4.69) is 119 Å². The monoisotopic (exact) mass is 956 g/mol. The molecule has 2 aliphatic rings. The van der Waals surface area contributed by atoms with Crippen LogP contribution in [0, 0.1) is 42.1 Å². The SMILES string of the molecule is CC(C)c1cc(C(C)C)c(-c2cc(N3[CH-]N(C)c4nccnc43)[c-]c(N3[CH-]N(C)c4nccnc43)c2)c(C(C)C)c1.N#Cc1ccc2[n-]c3ccc(C#N)cc3c2c1.[Pt+4]. The fraction of sp³-hybridized carbons (Fsp3) is 0.234. The van der Waals surface area contributed by atoms with E-state index >= 15 is 0 Å². The maximum absolute atomic E-state index is 8.88. The summed E-state index contributed by atoms with van der Waals surface area (Å²) in [6, 6.07) is 28.0. The van der Waals surface area contributed by atoms with Crippen molar-refractivity contribution in [3.8, 4) is 23.3 Å². The third-order valence-corrected chi connectivity index (χ3v) is 10.6. The number of aromatic nitrogens is 5. The molecule has 0 spiro atoms.